The largest absolute Gasteiger partial charge is 0.495 e. The number of benzene rings is 2. The molecule has 2 aromatic rings. The lowest BCUT2D eigenvalue weighted by molar-refractivity contribution is -0.126. The molecule has 0 bridgehead atoms. The molecule has 2 aromatic carbocycles. The molecule has 0 saturated heterocycles. The summed E-state index contributed by atoms with van der Waals surface area (Å²) in [6, 6.07) is 10.0. The second-order valence-corrected chi connectivity index (χ2v) is 6.18. The van der Waals surface area contributed by atoms with Crippen LogP contribution in [0.5, 0.6) is 5.75 Å². The first-order chi connectivity index (χ1) is 11.9. The summed E-state index contributed by atoms with van der Waals surface area (Å²) in [5.74, 6) is 0.0778. The summed E-state index contributed by atoms with van der Waals surface area (Å²) in [6.07, 6.45) is 0.538. The van der Waals surface area contributed by atoms with E-state index in [9.17, 15) is 4.79 Å². The molecule has 0 aromatic heterocycles. The van der Waals surface area contributed by atoms with Crippen LogP contribution >= 0.6 is 34.8 Å². The van der Waals surface area contributed by atoms with Gasteiger partial charge in [-0.05, 0) is 31.2 Å². The molecule has 8 heteroatoms. The average molecular weight is 402 g/mol. The molecule has 1 amide bonds. The van der Waals surface area contributed by atoms with Gasteiger partial charge in [0.05, 0.1) is 29.1 Å². The smallest absolute Gasteiger partial charge is 0.268 e. The number of amides is 1. The molecule has 1 N–H and O–H groups in total. The Balaban J connectivity index is 2.00. The third-order valence-electron chi connectivity index (χ3n) is 3.18. The number of nitrogens with zero attached hydrogens (tertiary/aromatic N) is 1. The lowest BCUT2D eigenvalue weighted by atomic mass is 10.2. The molecule has 0 radical (unpaired) electrons. The number of anilines is 1. The van der Waals surface area contributed by atoms with Crippen molar-refractivity contribution >= 4 is 52.6 Å². The molecule has 0 heterocycles. The van der Waals surface area contributed by atoms with Gasteiger partial charge in [-0.1, -0.05) is 52.1 Å². The van der Waals surface area contributed by atoms with Crippen LogP contribution in [0, 0.1) is 0 Å². The number of nitrogens with one attached hydrogen (secondary N) is 1. The summed E-state index contributed by atoms with van der Waals surface area (Å²) >= 11 is 17.9. The van der Waals surface area contributed by atoms with Gasteiger partial charge in [0, 0.05) is 10.6 Å². The van der Waals surface area contributed by atoms with Crippen LogP contribution in [0.4, 0.5) is 5.69 Å². The topological polar surface area (TPSA) is 59.9 Å². The molecular weight excluding hydrogens is 387 g/mol. The van der Waals surface area contributed by atoms with Crippen LogP contribution in [0.3, 0.4) is 0 Å². The van der Waals surface area contributed by atoms with Crippen molar-refractivity contribution in [3.63, 3.8) is 0 Å². The number of hydrogen-bond acceptors (Lipinski definition) is 4. The Hall–Kier alpha value is -1.95. The summed E-state index contributed by atoms with van der Waals surface area (Å²) in [6.45, 7) is 1.56. The molecule has 132 valence electrons. The third kappa shape index (κ3) is 5.26. The van der Waals surface area contributed by atoms with E-state index in [2.05, 4.69) is 10.5 Å². The molecule has 0 fully saturated rings. The number of hydrogen-bond donors (Lipinski definition) is 1. The fraction of sp³-hybridized carbons (Fsp3) is 0.176. The maximum Gasteiger partial charge on any atom is 0.268 e. The van der Waals surface area contributed by atoms with E-state index < -0.39 is 12.0 Å². The summed E-state index contributed by atoms with van der Waals surface area (Å²) in [4.78, 5) is 17.4. The zero-order valence-corrected chi connectivity index (χ0v) is 15.7. The van der Waals surface area contributed by atoms with E-state index in [0.717, 1.165) is 0 Å². The van der Waals surface area contributed by atoms with E-state index in [-0.39, 0.29) is 0 Å². The normalized spacial score (nSPS) is 12.0. The van der Waals surface area contributed by atoms with Crippen molar-refractivity contribution in [3.05, 3.63) is 57.0 Å². The molecule has 0 aliphatic rings. The minimum absolute atomic E-state index is 0.359. The Morgan fingerprint density at radius 3 is 2.72 bits per heavy atom. The number of carbonyl (C=O) groups is 1. The highest BCUT2D eigenvalue weighted by Gasteiger charge is 2.16. The first-order valence-electron chi connectivity index (χ1n) is 7.20. The number of ether oxygens (including phenoxy) is 1. The van der Waals surface area contributed by atoms with Gasteiger partial charge < -0.3 is 14.9 Å². The van der Waals surface area contributed by atoms with Gasteiger partial charge in [0.1, 0.15) is 5.75 Å². The van der Waals surface area contributed by atoms with Crippen LogP contribution in [-0.4, -0.2) is 25.3 Å². The van der Waals surface area contributed by atoms with Crippen LogP contribution in [0.1, 0.15) is 12.5 Å². The van der Waals surface area contributed by atoms with Gasteiger partial charge in [0.2, 0.25) is 6.10 Å². The van der Waals surface area contributed by atoms with Crippen molar-refractivity contribution in [2.75, 3.05) is 12.4 Å². The van der Waals surface area contributed by atoms with E-state index in [1.165, 1.54) is 13.3 Å². The molecule has 0 unspecified atom stereocenters. The Morgan fingerprint density at radius 2 is 2.00 bits per heavy atom. The minimum Gasteiger partial charge on any atom is -0.495 e. The number of halogens is 3. The Kier molecular flexibility index (Phi) is 6.93. The lowest BCUT2D eigenvalue weighted by Gasteiger charge is -2.13. The van der Waals surface area contributed by atoms with Crippen molar-refractivity contribution in [3.8, 4) is 5.75 Å². The van der Waals surface area contributed by atoms with Crippen molar-refractivity contribution in [2.45, 2.75) is 13.0 Å². The van der Waals surface area contributed by atoms with Crippen molar-refractivity contribution < 1.29 is 14.4 Å². The first-order valence-corrected chi connectivity index (χ1v) is 8.33. The second kappa shape index (κ2) is 8.94. The van der Waals surface area contributed by atoms with Crippen molar-refractivity contribution in [2.24, 2.45) is 5.16 Å². The molecule has 5 nitrogen and oxygen atoms in total. The standard InChI is InChI=1S/C17H15Cl3N2O3/c1-10(25-21-9-11-4-3-5-13(19)16(11)20)17(23)22-14-8-12(18)6-7-15(14)24-2/h3-10H,1-2H3,(H,22,23)/b21-9-/t10-/m0/s1. The lowest BCUT2D eigenvalue weighted by Crippen LogP contribution is -2.26. The van der Waals surface area contributed by atoms with Crippen molar-refractivity contribution in [1.29, 1.82) is 0 Å². The van der Waals surface area contributed by atoms with Crippen LogP contribution in [-0.2, 0) is 9.63 Å². The van der Waals surface area contributed by atoms with E-state index in [4.69, 9.17) is 44.4 Å². The fourth-order valence-electron chi connectivity index (χ4n) is 1.86. The number of carbonyl (C=O) groups excluding carboxylic acids is 1. The highest BCUT2D eigenvalue weighted by Crippen LogP contribution is 2.28. The number of oxime groups is 1. The maximum atomic E-state index is 12.2. The number of methoxy groups -OCH3 is 1. The van der Waals surface area contributed by atoms with Gasteiger partial charge in [0.15, 0.2) is 0 Å². The van der Waals surface area contributed by atoms with Crippen LogP contribution < -0.4 is 10.1 Å². The average Bonchev–Trinajstić information content (AvgIpc) is 2.58. The number of rotatable bonds is 6. The first kappa shape index (κ1) is 19.4. The molecule has 0 aliphatic carbocycles. The Labute approximate surface area is 160 Å². The molecule has 2 rings (SSSR count). The minimum atomic E-state index is -0.849. The van der Waals surface area contributed by atoms with E-state index >= 15 is 0 Å². The molecule has 0 saturated carbocycles. The fourth-order valence-corrected chi connectivity index (χ4v) is 2.39. The highest BCUT2D eigenvalue weighted by molar-refractivity contribution is 6.43. The molecular formula is C17H15Cl3N2O3. The van der Waals surface area contributed by atoms with E-state index in [1.807, 2.05) is 0 Å². The summed E-state index contributed by atoms with van der Waals surface area (Å²) in [7, 11) is 1.50. The van der Waals surface area contributed by atoms with E-state index in [0.29, 0.717) is 32.1 Å². The molecule has 25 heavy (non-hydrogen) atoms. The monoisotopic (exact) mass is 400 g/mol. The second-order valence-electron chi connectivity index (χ2n) is 4.96. The summed E-state index contributed by atoms with van der Waals surface area (Å²) in [5.41, 5.74) is 1.02. The Morgan fingerprint density at radius 1 is 1.24 bits per heavy atom. The SMILES string of the molecule is COc1ccc(Cl)cc1NC(=O)[C@H](C)O/N=C\c1cccc(Cl)c1Cl. The van der Waals surface area contributed by atoms with Gasteiger partial charge in [-0.15, -0.1) is 0 Å². The van der Waals surface area contributed by atoms with Gasteiger partial charge in [-0.2, -0.15) is 0 Å². The van der Waals surface area contributed by atoms with Gasteiger partial charge in [-0.3, -0.25) is 4.79 Å². The molecule has 0 spiro atoms. The third-order valence-corrected chi connectivity index (χ3v) is 4.25. The predicted molar refractivity (Wildman–Crippen MR) is 101 cm³/mol. The zero-order chi connectivity index (χ0) is 18.4. The van der Waals surface area contributed by atoms with Crippen LogP contribution in [0.25, 0.3) is 0 Å². The summed E-state index contributed by atoms with van der Waals surface area (Å²) in [5, 5.41) is 7.69. The van der Waals surface area contributed by atoms with Crippen LogP contribution in [0.2, 0.25) is 15.1 Å². The maximum absolute atomic E-state index is 12.2. The van der Waals surface area contributed by atoms with E-state index in [1.54, 1.807) is 43.3 Å². The quantitative estimate of drug-likeness (QED) is 0.545. The van der Waals surface area contributed by atoms with Gasteiger partial charge >= 0.3 is 0 Å². The van der Waals surface area contributed by atoms with Gasteiger partial charge in [0.25, 0.3) is 5.91 Å². The molecule has 0 aliphatic heterocycles. The van der Waals surface area contributed by atoms with Crippen LogP contribution in [0.15, 0.2) is 41.6 Å². The van der Waals surface area contributed by atoms with Gasteiger partial charge in [-0.25, -0.2) is 0 Å². The Bertz CT molecular complexity index is 797. The predicted octanol–water partition coefficient (Wildman–Crippen LogP) is 5.03. The summed E-state index contributed by atoms with van der Waals surface area (Å²) < 4.78 is 5.17. The van der Waals surface area contributed by atoms with Crippen molar-refractivity contribution in [1.82, 2.24) is 0 Å². The zero-order valence-electron chi connectivity index (χ0n) is 13.4. The highest BCUT2D eigenvalue weighted by atomic mass is 35.5. The molecule has 1 atom stereocenters.